The molecule has 0 bridgehead atoms. The lowest BCUT2D eigenvalue weighted by Gasteiger charge is -2.09. The first kappa shape index (κ1) is 13.0. The quantitative estimate of drug-likeness (QED) is 0.583. The first-order valence-corrected chi connectivity index (χ1v) is 5.22. The van der Waals surface area contributed by atoms with Crippen LogP contribution in [-0.2, 0) is 0 Å². The summed E-state index contributed by atoms with van der Waals surface area (Å²) in [5.41, 5.74) is 0.788. The summed E-state index contributed by atoms with van der Waals surface area (Å²) >= 11 is 0. The first-order valence-electron chi connectivity index (χ1n) is 5.22. The Morgan fingerprint density at radius 1 is 1.47 bits per heavy atom. The first-order chi connectivity index (χ1) is 8.08. The summed E-state index contributed by atoms with van der Waals surface area (Å²) in [4.78, 5) is 10.1. The van der Waals surface area contributed by atoms with Crippen molar-refractivity contribution in [1.82, 2.24) is 0 Å². The van der Waals surface area contributed by atoms with Crippen LogP contribution in [0.4, 0.5) is 0 Å². The highest BCUT2D eigenvalue weighted by atomic mass is 16.6. The SMILES string of the molecule is CCOc1ccc(/C=C(\C)[N+](=O)[O-])cc1OC. The predicted octanol–water partition coefficient (Wildman–Crippen LogP) is 2.73. The second-order valence-electron chi connectivity index (χ2n) is 3.39. The molecule has 1 rings (SSSR count). The fourth-order valence-electron chi connectivity index (χ4n) is 1.34. The van der Waals surface area contributed by atoms with Crippen molar-refractivity contribution in [3.05, 3.63) is 39.6 Å². The van der Waals surface area contributed by atoms with E-state index < -0.39 is 4.92 Å². The average molecular weight is 237 g/mol. The summed E-state index contributed by atoms with van der Waals surface area (Å²) in [6.07, 6.45) is 1.48. The van der Waals surface area contributed by atoms with E-state index in [9.17, 15) is 10.1 Å². The van der Waals surface area contributed by atoms with Gasteiger partial charge >= 0.3 is 0 Å². The van der Waals surface area contributed by atoms with E-state index in [-0.39, 0.29) is 5.70 Å². The molecule has 5 nitrogen and oxygen atoms in total. The maximum absolute atomic E-state index is 10.5. The molecule has 0 atom stereocenters. The number of hydrogen-bond donors (Lipinski definition) is 0. The zero-order valence-corrected chi connectivity index (χ0v) is 10.1. The zero-order chi connectivity index (χ0) is 12.8. The van der Waals surface area contributed by atoms with Crippen LogP contribution in [0.25, 0.3) is 6.08 Å². The van der Waals surface area contributed by atoms with Crippen molar-refractivity contribution in [2.24, 2.45) is 0 Å². The Labute approximate surface area is 99.8 Å². The highest BCUT2D eigenvalue weighted by molar-refractivity contribution is 5.56. The number of allylic oxidation sites excluding steroid dienone is 1. The zero-order valence-electron chi connectivity index (χ0n) is 10.1. The lowest BCUT2D eigenvalue weighted by atomic mass is 10.1. The van der Waals surface area contributed by atoms with Crippen molar-refractivity contribution in [3.8, 4) is 11.5 Å². The van der Waals surface area contributed by atoms with Gasteiger partial charge in [0.25, 0.3) is 0 Å². The second-order valence-corrected chi connectivity index (χ2v) is 3.39. The Morgan fingerprint density at radius 2 is 2.18 bits per heavy atom. The summed E-state index contributed by atoms with van der Waals surface area (Å²) < 4.78 is 10.5. The number of benzene rings is 1. The Morgan fingerprint density at radius 3 is 2.71 bits per heavy atom. The molecule has 0 aliphatic carbocycles. The number of methoxy groups -OCH3 is 1. The van der Waals surface area contributed by atoms with Gasteiger partial charge in [-0.25, -0.2) is 0 Å². The van der Waals surface area contributed by atoms with Crippen LogP contribution in [0.5, 0.6) is 11.5 Å². The molecule has 1 aromatic rings. The van der Waals surface area contributed by atoms with E-state index in [1.165, 1.54) is 20.1 Å². The van der Waals surface area contributed by atoms with Crippen molar-refractivity contribution in [2.45, 2.75) is 13.8 Å². The number of nitro groups is 1. The van der Waals surface area contributed by atoms with Gasteiger partial charge in [-0.2, -0.15) is 0 Å². The van der Waals surface area contributed by atoms with E-state index >= 15 is 0 Å². The van der Waals surface area contributed by atoms with Crippen molar-refractivity contribution in [1.29, 1.82) is 0 Å². The van der Waals surface area contributed by atoms with Gasteiger partial charge in [-0.15, -0.1) is 0 Å². The largest absolute Gasteiger partial charge is 0.493 e. The molecular weight excluding hydrogens is 222 g/mol. The summed E-state index contributed by atoms with van der Waals surface area (Å²) in [6, 6.07) is 5.19. The van der Waals surface area contributed by atoms with Crippen molar-refractivity contribution >= 4 is 6.08 Å². The molecule has 0 amide bonds. The Bertz CT molecular complexity index is 440. The molecular formula is C12H15NO4. The Kier molecular flexibility index (Phi) is 4.51. The summed E-state index contributed by atoms with van der Waals surface area (Å²) in [5.74, 6) is 1.20. The summed E-state index contributed by atoms with van der Waals surface area (Å²) in [5, 5.41) is 10.5. The van der Waals surface area contributed by atoms with Gasteiger partial charge in [-0.05, 0) is 24.6 Å². The van der Waals surface area contributed by atoms with Crippen LogP contribution in [0, 0.1) is 10.1 Å². The topological polar surface area (TPSA) is 61.6 Å². The lowest BCUT2D eigenvalue weighted by molar-refractivity contribution is -0.422. The van der Waals surface area contributed by atoms with Gasteiger partial charge in [0.05, 0.1) is 18.6 Å². The molecule has 0 fully saturated rings. The van der Waals surface area contributed by atoms with Gasteiger partial charge in [0.15, 0.2) is 11.5 Å². The van der Waals surface area contributed by atoms with E-state index in [4.69, 9.17) is 9.47 Å². The molecule has 0 spiro atoms. The number of nitrogens with zero attached hydrogens (tertiary/aromatic N) is 1. The van der Waals surface area contributed by atoms with Crippen LogP contribution < -0.4 is 9.47 Å². The summed E-state index contributed by atoms with van der Waals surface area (Å²) in [6.45, 7) is 3.87. The van der Waals surface area contributed by atoms with Crippen LogP contribution in [0.2, 0.25) is 0 Å². The van der Waals surface area contributed by atoms with Gasteiger partial charge in [-0.1, -0.05) is 6.07 Å². The number of rotatable bonds is 5. The van der Waals surface area contributed by atoms with Crippen molar-refractivity contribution in [2.75, 3.05) is 13.7 Å². The third-order valence-corrected chi connectivity index (χ3v) is 2.15. The van der Waals surface area contributed by atoms with Crippen LogP contribution in [0.1, 0.15) is 19.4 Å². The maximum atomic E-state index is 10.5. The van der Waals surface area contributed by atoms with E-state index in [0.29, 0.717) is 23.7 Å². The minimum absolute atomic E-state index is 0.0798. The van der Waals surface area contributed by atoms with E-state index in [0.717, 1.165) is 0 Å². The number of ether oxygens (including phenoxy) is 2. The van der Waals surface area contributed by atoms with E-state index in [1.54, 1.807) is 18.2 Å². The molecule has 92 valence electrons. The third kappa shape index (κ3) is 3.48. The van der Waals surface area contributed by atoms with Crippen LogP contribution in [0.3, 0.4) is 0 Å². The maximum Gasteiger partial charge on any atom is 0.243 e. The standard InChI is InChI=1S/C12H15NO4/c1-4-17-11-6-5-10(8-12(11)16-3)7-9(2)13(14)15/h5-8H,4H2,1-3H3/b9-7+. The molecule has 0 saturated carbocycles. The van der Waals surface area contributed by atoms with E-state index in [1.807, 2.05) is 6.92 Å². The van der Waals surface area contributed by atoms with E-state index in [2.05, 4.69) is 0 Å². The molecule has 0 heterocycles. The van der Waals surface area contributed by atoms with Gasteiger partial charge in [0.2, 0.25) is 5.70 Å². The second kappa shape index (κ2) is 5.89. The van der Waals surface area contributed by atoms with Crippen LogP contribution in [0.15, 0.2) is 23.9 Å². The van der Waals surface area contributed by atoms with Crippen LogP contribution >= 0.6 is 0 Å². The third-order valence-electron chi connectivity index (χ3n) is 2.15. The predicted molar refractivity (Wildman–Crippen MR) is 64.8 cm³/mol. The highest BCUT2D eigenvalue weighted by Gasteiger charge is 2.07. The fourth-order valence-corrected chi connectivity index (χ4v) is 1.34. The van der Waals surface area contributed by atoms with Gasteiger partial charge in [0, 0.05) is 13.0 Å². The molecule has 17 heavy (non-hydrogen) atoms. The molecule has 1 aromatic carbocycles. The molecule has 0 radical (unpaired) electrons. The molecule has 0 aliphatic heterocycles. The van der Waals surface area contributed by atoms with Gasteiger partial charge in [0.1, 0.15) is 0 Å². The number of hydrogen-bond acceptors (Lipinski definition) is 4. The molecule has 0 aromatic heterocycles. The summed E-state index contributed by atoms with van der Waals surface area (Å²) in [7, 11) is 1.53. The molecule has 0 unspecified atom stereocenters. The molecule has 5 heteroatoms. The minimum Gasteiger partial charge on any atom is -0.493 e. The Balaban J connectivity index is 3.05. The fraction of sp³-hybridized carbons (Fsp3) is 0.333. The van der Waals surface area contributed by atoms with Crippen molar-refractivity contribution < 1.29 is 14.4 Å². The minimum atomic E-state index is -0.428. The normalized spacial score (nSPS) is 11.1. The molecule has 0 N–H and O–H groups in total. The van der Waals surface area contributed by atoms with Gasteiger partial charge in [-0.3, -0.25) is 10.1 Å². The lowest BCUT2D eigenvalue weighted by Crippen LogP contribution is -1.96. The molecule has 0 aliphatic rings. The highest BCUT2D eigenvalue weighted by Crippen LogP contribution is 2.28. The Hall–Kier alpha value is -2.04. The van der Waals surface area contributed by atoms with Gasteiger partial charge < -0.3 is 9.47 Å². The monoisotopic (exact) mass is 237 g/mol. The smallest absolute Gasteiger partial charge is 0.243 e. The average Bonchev–Trinajstić information content (AvgIpc) is 2.31. The van der Waals surface area contributed by atoms with Crippen LogP contribution in [-0.4, -0.2) is 18.6 Å². The van der Waals surface area contributed by atoms with Crippen molar-refractivity contribution in [3.63, 3.8) is 0 Å². The molecule has 0 saturated heterocycles.